The van der Waals surface area contributed by atoms with Gasteiger partial charge in [0.15, 0.2) is 5.78 Å². The number of aryl methyl sites for hydroxylation is 2. The van der Waals surface area contributed by atoms with Crippen molar-refractivity contribution in [3.05, 3.63) is 17.5 Å². The Bertz CT molecular complexity index is 396. The zero-order chi connectivity index (χ0) is 14.8. The Labute approximate surface area is 123 Å². The van der Waals surface area contributed by atoms with Gasteiger partial charge >= 0.3 is 0 Å². The number of nitrogens with zero attached hydrogens (tertiary/aromatic N) is 2. The van der Waals surface area contributed by atoms with Gasteiger partial charge in [-0.25, -0.2) is 0 Å². The lowest BCUT2D eigenvalue weighted by atomic mass is 10.1. The minimum absolute atomic E-state index is 0.257. The van der Waals surface area contributed by atoms with E-state index in [2.05, 4.69) is 18.9 Å². The molecule has 0 radical (unpaired) electrons. The Balaban J connectivity index is 2.30. The third kappa shape index (κ3) is 5.48. The van der Waals surface area contributed by atoms with Crippen LogP contribution in [-0.4, -0.2) is 15.6 Å². The molecule has 0 spiro atoms. The first-order valence-electron chi connectivity index (χ1n) is 8.32. The Hall–Kier alpha value is -1.12. The summed E-state index contributed by atoms with van der Waals surface area (Å²) in [7, 11) is 0. The fraction of sp³-hybridized carbons (Fsp3) is 0.765. The normalized spacial score (nSPS) is 10.9. The number of aromatic nitrogens is 2. The highest BCUT2D eigenvalue weighted by atomic mass is 16.1. The van der Waals surface area contributed by atoms with Crippen LogP contribution in [0, 0.1) is 0 Å². The van der Waals surface area contributed by atoms with E-state index in [1.807, 2.05) is 17.7 Å². The van der Waals surface area contributed by atoms with Crippen LogP contribution in [0.2, 0.25) is 0 Å². The SMILES string of the molecule is CCCCCCCCCC(=O)c1cc(CC)nn1CC. The first kappa shape index (κ1) is 16.9. The van der Waals surface area contributed by atoms with Gasteiger partial charge < -0.3 is 0 Å². The van der Waals surface area contributed by atoms with E-state index in [1.54, 1.807) is 0 Å². The summed E-state index contributed by atoms with van der Waals surface area (Å²) in [4.78, 5) is 12.2. The maximum atomic E-state index is 12.2. The molecule has 0 aliphatic rings. The van der Waals surface area contributed by atoms with E-state index >= 15 is 0 Å². The second-order valence-corrected chi connectivity index (χ2v) is 5.48. The van der Waals surface area contributed by atoms with E-state index in [4.69, 9.17) is 0 Å². The second kappa shape index (κ2) is 9.73. The zero-order valence-corrected chi connectivity index (χ0v) is 13.5. The Morgan fingerprint density at radius 2 is 1.70 bits per heavy atom. The molecule has 0 bridgehead atoms. The van der Waals surface area contributed by atoms with Crippen molar-refractivity contribution in [2.24, 2.45) is 0 Å². The fourth-order valence-electron chi connectivity index (χ4n) is 2.48. The van der Waals surface area contributed by atoms with Gasteiger partial charge in [0, 0.05) is 13.0 Å². The van der Waals surface area contributed by atoms with Gasteiger partial charge in [0.25, 0.3) is 0 Å². The van der Waals surface area contributed by atoms with Gasteiger partial charge in [0.2, 0.25) is 0 Å². The second-order valence-electron chi connectivity index (χ2n) is 5.48. The minimum atomic E-state index is 0.257. The number of hydrogen-bond acceptors (Lipinski definition) is 2. The average molecular weight is 278 g/mol. The minimum Gasteiger partial charge on any atom is -0.292 e. The molecule has 1 heterocycles. The first-order chi connectivity index (χ1) is 9.72. The maximum absolute atomic E-state index is 12.2. The van der Waals surface area contributed by atoms with Crippen LogP contribution in [0.25, 0.3) is 0 Å². The summed E-state index contributed by atoms with van der Waals surface area (Å²) >= 11 is 0. The number of rotatable bonds is 11. The smallest absolute Gasteiger partial charge is 0.180 e. The zero-order valence-electron chi connectivity index (χ0n) is 13.5. The molecular formula is C17H30N2O. The van der Waals surface area contributed by atoms with Gasteiger partial charge in [0.05, 0.1) is 5.69 Å². The number of hydrogen-bond donors (Lipinski definition) is 0. The van der Waals surface area contributed by atoms with Gasteiger partial charge in [-0.1, -0.05) is 52.4 Å². The van der Waals surface area contributed by atoms with E-state index < -0.39 is 0 Å². The Morgan fingerprint density at radius 1 is 1.05 bits per heavy atom. The average Bonchev–Trinajstić information content (AvgIpc) is 2.89. The number of Topliss-reactive ketones (excluding diaryl/α,β-unsaturated/α-hetero) is 1. The summed E-state index contributed by atoms with van der Waals surface area (Å²) in [5.74, 6) is 0.257. The summed E-state index contributed by atoms with van der Waals surface area (Å²) in [5.41, 5.74) is 1.82. The molecule has 0 aromatic carbocycles. The molecule has 0 N–H and O–H groups in total. The molecule has 0 atom stereocenters. The molecule has 0 saturated heterocycles. The molecule has 0 aliphatic heterocycles. The summed E-state index contributed by atoms with van der Waals surface area (Å²) in [6.45, 7) is 7.13. The van der Waals surface area contributed by atoms with Crippen LogP contribution < -0.4 is 0 Å². The van der Waals surface area contributed by atoms with Crippen molar-refractivity contribution in [3.63, 3.8) is 0 Å². The molecule has 3 heteroatoms. The van der Waals surface area contributed by atoms with E-state index in [-0.39, 0.29) is 5.78 Å². The van der Waals surface area contributed by atoms with Crippen LogP contribution in [0.1, 0.15) is 88.3 Å². The fourth-order valence-corrected chi connectivity index (χ4v) is 2.48. The summed E-state index contributed by atoms with van der Waals surface area (Å²) in [6.07, 6.45) is 10.3. The maximum Gasteiger partial charge on any atom is 0.180 e. The number of unbranched alkanes of at least 4 members (excludes halogenated alkanes) is 6. The quantitative estimate of drug-likeness (QED) is 0.431. The van der Waals surface area contributed by atoms with Crippen molar-refractivity contribution in [3.8, 4) is 0 Å². The molecule has 1 rings (SSSR count). The Morgan fingerprint density at radius 3 is 2.30 bits per heavy atom. The highest BCUT2D eigenvalue weighted by molar-refractivity contribution is 5.94. The molecule has 20 heavy (non-hydrogen) atoms. The van der Waals surface area contributed by atoms with Crippen LogP contribution in [0.3, 0.4) is 0 Å². The summed E-state index contributed by atoms with van der Waals surface area (Å²) in [5, 5.41) is 4.44. The largest absolute Gasteiger partial charge is 0.292 e. The van der Waals surface area contributed by atoms with Crippen LogP contribution in [0.5, 0.6) is 0 Å². The lowest BCUT2D eigenvalue weighted by molar-refractivity contribution is 0.0968. The predicted octanol–water partition coefficient (Wildman–Crippen LogP) is 4.79. The molecule has 3 nitrogen and oxygen atoms in total. The molecule has 0 saturated carbocycles. The van der Waals surface area contributed by atoms with Crippen LogP contribution >= 0.6 is 0 Å². The van der Waals surface area contributed by atoms with Crippen molar-refractivity contribution in [2.45, 2.75) is 85.1 Å². The van der Waals surface area contributed by atoms with Crippen molar-refractivity contribution in [1.29, 1.82) is 0 Å². The topological polar surface area (TPSA) is 34.9 Å². The predicted molar refractivity (Wildman–Crippen MR) is 84.2 cm³/mol. The molecule has 0 unspecified atom stereocenters. The molecule has 114 valence electrons. The van der Waals surface area contributed by atoms with Crippen molar-refractivity contribution in [2.75, 3.05) is 0 Å². The van der Waals surface area contributed by atoms with Crippen molar-refractivity contribution in [1.82, 2.24) is 9.78 Å². The van der Waals surface area contributed by atoms with Gasteiger partial charge in [-0.2, -0.15) is 5.10 Å². The highest BCUT2D eigenvalue weighted by Gasteiger charge is 2.13. The number of carbonyl (C=O) groups excluding carboxylic acids is 1. The Kier molecular flexibility index (Phi) is 8.24. The number of ketones is 1. The van der Waals surface area contributed by atoms with Gasteiger partial charge in [-0.15, -0.1) is 0 Å². The molecule has 1 aromatic rings. The highest BCUT2D eigenvalue weighted by Crippen LogP contribution is 2.13. The molecular weight excluding hydrogens is 248 g/mol. The van der Waals surface area contributed by atoms with E-state index in [1.165, 1.54) is 38.5 Å². The molecule has 0 amide bonds. The molecule has 0 aliphatic carbocycles. The lowest BCUT2D eigenvalue weighted by Crippen LogP contribution is -2.09. The van der Waals surface area contributed by atoms with E-state index in [0.717, 1.165) is 30.8 Å². The monoisotopic (exact) mass is 278 g/mol. The third-order valence-corrected chi connectivity index (χ3v) is 3.79. The summed E-state index contributed by atoms with van der Waals surface area (Å²) < 4.78 is 1.85. The van der Waals surface area contributed by atoms with Gasteiger partial charge in [-0.05, 0) is 25.8 Å². The van der Waals surface area contributed by atoms with Crippen LogP contribution in [0.15, 0.2) is 6.07 Å². The molecule has 1 aromatic heterocycles. The summed E-state index contributed by atoms with van der Waals surface area (Å²) in [6, 6.07) is 1.97. The first-order valence-corrected chi connectivity index (χ1v) is 8.32. The van der Waals surface area contributed by atoms with E-state index in [0.29, 0.717) is 6.42 Å². The van der Waals surface area contributed by atoms with Gasteiger partial charge in [0.1, 0.15) is 5.69 Å². The number of carbonyl (C=O) groups is 1. The standard InChI is InChI=1S/C17H30N2O/c1-4-7-8-9-10-11-12-13-17(20)16-14-15(5-2)18-19(16)6-3/h14H,4-13H2,1-3H3. The molecule has 0 fully saturated rings. The lowest BCUT2D eigenvalue weighted by Gasteiger charge is -2.04. The van der Waals surface area contributed by atoms with E-state index in [9.17, 15) is 4.79 Å². The van der Waals surface area contributed by atoms with Crippen molar-refractivity contribution >= 4 is 5.78 Å². The van der Waals surface area contributed by atoms with Gasteiger partial charge in [-0.3, -0.25) is 9.48 Å². The van der Waals surface area contributed by atoms with Crippen LogP contribution in [-0.2, 0) is 13.0 Å². The third-order valence-electron chi connectivity index (χ3n) is 3.79. The van der Waals surface area contributed by atoms with Crippen LogP contribution in [0.4, 0.5) is 0 Å². The van der Waals surface area contributed by atoms with Crippen molar-refractivity contribution < 1.29 is 4.79 Å².